The minimum atomic E-state index is -0.527. The van der Waals surface area contributed by atoms with E-state index in [1.165, 1.54) is 30.3 Å². The first kappa shape index (κ1) is 15.6. The molecule has 0 bridgehead atoms. The number of esters is 1. The van der Waals surface area contributed by atoms with Gasteiger partial charge in [-0.15, -0.1) is 5.10 Å². The lowest BCUT2D eigenvalue weighted by Gasteiger charge is -2.08. The minimum Gasteiger partial charge on any atom is -0.494 e. The minimum absolute atomic E-state index is 0.0468. The van der Waals surface area contributed by atoms with Gasteiger partial charge in [-0.2, -0.15) is 0 Å². The van der Waals surface area contributed by atoms with Gasteiger partial charge < -0.3 is 9.47 Å². The number of ether oxygens (including phenoxy) is 2. The van der Waals surface area contributed by atoms with Gasteiger partial charge in [-0.25, -0.2) is 13.9 Å². The summed E-state index contributed by atoms with van der Waals surface area (Å²) in [6.45, 7) is -0.0468. The Labute approximate surface area is 136 Å². The van der Waals surface area contributed by atoms with Gasteiger partial charge >= 0.3 is 5.97 Å². The summed E-state index contributed by atoms with van der Waals surface area (Å²) in [4.78, 5) is 12.1. The first-order valence-corrected chi connectivity index (χ1v) is 7.00. The van der Waals surface area contributed by atoms with E-state index in [-0.39, 0.29) is 12.4 Å². The van der Waals surface area contributed by atoms with Crippen LogP contribution in [-0.2, 0) is 11.3 Å². The summed E-state index contributed by atoms with van der Waals surface area (Å²) < 4.78 is 25.1. The molecule has 8 heteroatoms. The Morgan fingerprint density at radius 2 is 2.12 bits per heavy atom. The number of halogens is 1. The molecule has 0 aliphatic carbocycles. The number of nitrogens with zero attached hydrogens (tertiary/aromatic N) is 4. The predicted molar refractivity (Wildman–Crippen MR) is 81.2 cm³/mol. The van der Waals surface area contributed by atoms with Crippen LogP contribution in [-0.4, -0.2) is 33.3 Å². The summed E-state index contributed by atoms with van der Waals surface area (Å²) in [5.41, 5.74) is 1.50. The van der Waals surface area contributed by atoms with Gasteiger partial charge in [0.2, 0.25) is 0 Å². The van der Waals surface area contributed by atoms with Crippen molar-refractivity contribution in [2.75, 3.05) is 7.11 Å². The van der Waals surface area contributed by atoms with E-state index in [0.29, 0.717) is 16.8 Å². The SMILES string of the molecule is COc1ccc(COC(=O)c2cccc(-n3cnnn3)c2)cc1F. The Morgan fingerprint density at radius 1 is 1.25 bits per heavy atom. The highest BCUT2D eigenvalue weighted by molar-refractivity contribution is 5.90. The van der Waals surface area contributed by atoms with Gasteiger partial charge in [-0.3, -0.25) is 0 Å². The molecule has 0 atom stereocenters. The number of benzene rings is 2. The molecule has 0 spiro atoms. The van der Waals surface area contributed by atoms with Gasteiger partial charge in [-0.1, -0.05) is 12.1 Å². The van der Waals surface area contributed by atoms with E-state index >= 15 is 0 Å². The lowest BCUT2D eigenvalue weighted by molar-refractivity contribution is 0.0472. The molecule has 0 saturated heterocycles. The molecule has 0 amide bonds. The predicted octanol–water partition coefficient (Wildman–Crippen LogP) is 2.17. The van der Waals surface area contributed by atoms with Crippen molar-refractivity contribution in [1.82, 2.24) is 20.2 Å². The summed E-state index contributed by atoms with van der Waals surface area (Å²) in [6, 6.07) is 11.1. The molecule has 7 nitrogen and oxygen atoms in total. The molecular formula is C16H13FN4O3. The van der Waals surface area contributed by atoms with Crippen LogP contribution in [0.1, 0.15) is 15.9 Å². The molecule has 3 rings (SSSR count). The zero-order chi connectivity index (χ0) is 16.9. The van der Waals surface area contributed by atoms with Crippen LogP contribution >= 0.6 is 0 Å². The summed E-state index contributed by atoms with van der Waals surface area (Å²) in [7, 11) is 1.38. The number of carbonyl (C=O) groups excluding carboxylic acids is 1. The van der Waals surface area contributed by atoms with Crippen LogP contribution in [0.5, 0.6) is 5.75 Å². The molecule has 0 saturated carbocycles. The van der Waals surface area contributed by atoms with Gasteiger partial charge in [0.05, 0.1) is 18.4 Å². The molecule has 0 N–H and O–H groups in total. The van der Waals surface area contributed by atoms with Gasteiger partial charge in [0, 0.05) is 0 Å². The van der Waals surface area contributed by atoms with E-state index in [1.54, 1.807) is 30.3 Å². The average molecular weight is 328 g/mol. The first-order valence-electron chi connectivity index (χ1n) is 7.00. The maximum absolute atomic E-state index is 13.6. The van der Waals surface area contributed by atoms with E-state index in [1.807, 2.05) is 0 Å². The number of carbonyl (C=O) groups is 1. The summed E-state index contributed by atoms with van der Waals surface area (Å²) in [5.74, 6) is -0.896. The zero-order valence-electron chi connectivity index (χ0n) is 12.7. The molecule has 24 heavy (non-hydrogen) atoms. The Morgan fingerprint density at radius 3 is 2.83 bits per heavy atom. The molecule has 3 aromatic rings. The third-order valence-corrected chi connectivity index (χ3v) is 3.28. The quantitative estimate of drug-likeness (QED) is 0.668. The van der Waals surface area contributed by atoms with E-state index < -0.39 is 11.8 Å². The normalized spacial score (nSPS) is 10.4. The molecular weight excluding hydrogens is 315 g/mol. The van der Waals surface area contributed by atoms with Crippen molar-refractivity contribution in [1.29, 1.82) is 0 Å². The van der Waals surface area contributed by atoms with Gasteiger partial charge in [0.1, 0.15) is 12.9 Å². The fourth-order valence-corrected chi connectivity index (χ4v) is 2.09. The lowest BCUT2D eigenvalue weighted by Crippen LogP contribution is -2.07. The molecule has 1 heterocycles. The lowest BCUT2D eigenvalue weighted by atomic mass is 10.2. The Hall–Kier alpha value is -3.29. The fourth-order valence-electron chi connectivity index (χ4n) is 2.09. The number of hydrogen-bond acceptors (Lipinski definition) is 6. The van der Waals surface area contributed by atoms with Crippen molar-refractivity contribution in [3.05, 3.63) is 65.7 Å². The molecule has 0 aliphatic rings. The third kappa shape index (κ3) is 3.37. The molecule has 0 unspecified atom stereocenters. The second kappa shape index (κ2) is 6.86. The second-order valence-electron chi connectivity index (χ2n) is 4.85. The summed E-state index contributed by atoms with van der Waals surface area (Å²) in [5, 5.41) is 10.8. The molecule has 2 aromatic carbocycles. The summed E-state index contributed by atoms with van der Waals surface area (Å²) >= 11 is 0. The number of rotatable bonds is 5. The van der Waals surface area contributed by atoms with E-state index in [0.717, 1.165) is 0 Å². The van der Waals surface area contributed by atoms with Crippen LogP contribution in [0, 0.1) is 5.82 Å². The third-order valence-electron chi connectivity index (χ3n) is 3.28. The number of tetrazole rings is 1. The van der Waals surface area contributed by atoms with Crippen LogP contribution in [0.25, 0.3) is 5.69 Å². The Kier molecular flexibility index (Phi) is 4.46. The highest BCUT2D eigenvalue weighted by atomic mass is 19.1. The van der Waals surface area contributed by atoms with Crippen LogP contribution in [0.4, 0.5) is 4.39 Å². The Balaban J connectivity index is 1.69. The van der Waals surface area contributed by atoms with E-state index in [4.69, 9.17) is 9.47 Å². The fraction of sp³-hybridized carbons (Fsp3) is 0.125. The van der Waals surface area contributed by atoms with Crippen molar-refractivity contribution in [3.63, 3.8) is 0 Å². The maximum atomic E-state index is 13.6. The van der Waals surface area contributed by atoms with Crippen molar-refractivity contribution in [3.8, 4) is 11.4 Å². The van der Waals surface area contributed by atoms with E-state index in [9.17, 15) is 9.18 Å². The van der Waals surface area contributed by atoms with Gasteiger partial charge in [-0.05, 0) is 46.3 Å². The number of aromatic nitrogens is 4. The second-order valence-corrected chi connectivity index (χ2v) is 4.85. The van der Waals surface area contributed by atoms with Crippen molar-refractivity contribution >= 4 is 5.97 Å². The largest absolute Gasteiger partial charge is 0.494 e. The molecule has 0 fully saturated rings. The molecule has 0 aliphatic heterocycles. The number of hydrogen-bond donors (Lipinski definition) is 0. The van der Waals surface area contributed by atoms with Crippen LogP contribution in [0.2, 0.25) is 0 Å². The van der Waals surface area contributed by atoms with Crippen LogP contribution in [0.15, 0.2) is 48.8 Å². The first-order chi connectivity index (χ1) is 11.7. The van der Waals surface area contributed by atoms with Crippen molar-refractivity contribution in [2.24, 2.45) is 0 Å². The van der Waals surface area contributed by atoms with Gasteiger partial charge in [0.15, 0.2) is 11.6 Å². The smallest absolute Gasteiger partial charge is 0.338 e. The topological polar surface area (TPSA) is 79.1 Å². The molecule has 1 aromatic heterocycles. The summed E-state index contributed by atoms with van der Waals surface area (Å²) in [6.07, 6.45) is 1.42. The van der Waals surface area contributed by atoms with Crippen molar-refractivity contribution < 1.29 is 18.7 Å². The monoisotopic (exact) mass is 328 g/mol. The highest BCUT2D eigenvalue weighted by Gasteiger charge is 2.10. The average Bonchev–Trinajstić information content (AvgIpc) is 3.14. The van der Waals surface area contributed by atoms with Gasteiger partial charge in [0.25, 0.3) is 0 Å². The zero-order valence-corrected chi connectivity index (χ0v) is 12.7. The standard InChI is InChI=1S/C16H13FN4O3/c1-23-15-6-5-11(7-14(15)17)9-24-16(22)12-3-2-4-13(8-12)21-10-18-19-20-21/h2-8,10H,9H2,1H3. The molecule has 0 radical (unpaired) electrons. The highest BCUT2D eigenvalue weighted by Crippen LogP contribution is 2.18. The van der Waals surface area contributed by atoms with Crippen LogP contribution in [0.3, 0.4) is 0 Å². The van der Waals surface area contributed by atoms with E-state index in [2.05, 4.69) is 15.5 Å². The number of methoxy groups -OCH3 is 1. The Bertz CT molecular complexity index is 852. The maximum Gasteiger partial charge on any atom is 0.338 e. The molecule has 122 valence electrons. The van der Waals surface area contributed by atoms with Crippen molar-refractivity contribution in [2.45, 2.75) is 6.61 Å². The van der Waals surface area contributed by atoms with Crippen LogP contribution < -0.4 is 4.74 Å².